The summed E-state index contributed by atoms with van der Waals surface area (Å²) in [5.74, 6) is 2.74. The second kappa shape index (κ2) is 12.8. The number of aromatic nitrogens is 3. The summed E-state index contributed by atoms with van der Waals surface area (Å²) in [6, 6.07) is 39.2. The number of ether oxygens (including phenoxy) is 1. The van der Waals surface area contributed by atoms with Gasteiger partial charge in [0.15, 0.2) is 0 Å². The fourth-order valence-corrected chi connectivity index (χ4v) is 9.32. The van der Waals surface area contributed by atoms with Gasteiger partial charge in [-0.05, 0) is 96.5 Å². The zero-order valence-corrected chi connectivity index (χ0v) is 30.6. The van der Waals surface area contributed by atoms with Crippen molar-refractivity contribution in [2.75, 3.05) is 0 Å². The average molecular weight is 848 g/mol. The maximum atomic E-state index is 11.0. The summed E-state index contributed by atoms with van der Waals surface area (Å²) >= 11 is 0. The van der Waals surface area contributed by atoms with Crippen molar-refractivity contribution in [1.29, 1.82) is 0 Å². The quantitative estimate of drug-likeness (QED) is 0.175. The maximum Gasteiger partial charge on any atom is 0.219 e. The van der Waals surface area contributed by atoms with E-state index in [9.17, 15) is 5.11 Å². The molecule has 5 nitrogen and oxygen atoms in total. The van der Waals surface area contributed by atoms with E-state index in [4.69, 9.17) is 14.7 Å². The van der Waals surface area contributed by atoms with Crippen LogP contribution in [0.25, 0.3) is 38.9 Å². The summed E-state index contributed by atoms with van der Waals surface area (Å²) in [5, 5.41) is 13.3. The molecule has 51 heavy (non-hydrogen) atoms. The summed E-state index contributed by atoms with van der Waals surface area (Å²) < 4.78 is 8.75. The van der Waals surface area contributed by atoms with Crippen molar-refractivity contribution < 1.29 is 30.9 Å². The Labute approximate surface area is 312 Å². The SMILES string of the molecule is Oc1ccccc1-c1[c-]c(Oc2cccc(-n3c4ccc(C5CCCCC5)cc4c4cccnc43)n2)cc2c1CC1(Cc3ccccc3C1)C2.[Pt]. The Morgan fingerprint density at radius 2 is 1.53 bits per heavy atom. The van der Waals surface area contributed by atoms with E-state index in [0.29, 0.717) is 17.5 Å². The second-order valence-corrected chi connectivity index (χ2v) is 14.8. The third-order valence-corrected chi connectivity index (χ3v) is 11.6. The predicted molar refractivity (Wildman–Crippen MR) is 198 cm³/mol. The molecule has 6 heteroatoms. The van der Waals surface area contributed by atoms with Gasteiger partial charge >= 0.3 is 0 Å². The molecule has 0 radical (unpaired) electrons. The molecule has 3 aliphatic rings. The Balaban J connectivity index is 0.00000348. The molecular formula is C45H38N3O2Pt-. The number of nitrogens with zero attached hydrogens (tertiary/aromatic N) is 3. The molecule has 1 saturated carbocycles. The Morgan fingerprint density at radius 3 is 2.35 bits per heavy atom. The Hall–Kier alpha value is -4.73. The van der Waals surface area contributed by atoms with Crippen LogP contribution in [0, 0.1) is 11.5 Å². The van der Waals surface area contributed by atoms with Crippen molar-refractivity contribution in [3.8, 4) is 34.3 Å². The van der Waals surface area contributed by atoms with E-state index in [1.54, 1.807) is 6.07 Å². The van der Waals surface area contributed by atoms with Crippen LogP contribution in [0.3, 0.4) is 0 Å². The minimum Gasteiger partial charge on any atom is -0.517 e. The molecule has 10 rings (SSSR count). The van der Waals surface area contributed by atoms with Crippen molar-refractivity contribution in [3.63, 3.8) is 0 Å². The first-order valence-corrected chi connectivity index (χ1v) is 18.1. The number of benzene rings is 4. The molecule has 3 aliphatic carbocycles. The van der Waals surface area contributed by atoms with Crippen LogP contribution in [0.1, 0.15) is 65.8 Å². The van der Waals surface area contributed by atoms with Crippen LogP contribution in [0.15, 0.2) is 109 Å². The number of rotatable bonds is 5. The molecule has 7 aromatic rings. The van der Waals surface area contributed by atoms with E-state index < -0.39 is 0 Å². The molecule has 0 saturated heterocycles. The zero-order chi connectivity index (χ0) is 33.2. The summed E-state index contributed by atoms with van der Waals surface area (Å²) in [7, 11) is 0. The van der Waals surface area contributed by atoms with E-state index in [2.05, 4.69) is 65.2 Å². The molecule has 0 aliphatic heterocycles. The van der Waals surface area contributed by atoms with Crippen LogP contribution >= 0.6 is 0 Å². The third-order valence-electron chi connectivity index (χ3n) is 11.6. The van der Waals surface area contributed by atoms with Crippen molar-refractivity contribution >= 4 is 21.9 Å². The van der Waals surface area contributed by atoms with Crippen LogP contribution in [0.5, 0.6) is 17.4 Å². The molecule has 0 amide bonds. The average Bonchev–Trinajstić information content (AvgIpc) is 3.81. The molecule has 3 heterocycles. The van der Waals surface area contributed by atoms with Crippen LogP contribution < -0.4 is 4.74 Å². The van der Waals surface area contributed by atoms with Crippen LogP contribution in [-0.2, 0) is 46.7 Å². The topological polar surface area (TPSA) is 60.2 Å². The second-order valence-electron chi connectivity index (χ2n) is 14.8. The van der Waals surface area contributed by atoms with Crippen molar-refractivity contribution in [2.24, 2.45) is 5.41 Å². The van der Waals surface area contributed by atoms with Gasteiger partial charge in [0.1, 0.15) is 11.5 Å². The molecule has 0 unspecified atom stereocenters. The van der Waals surface area contributed by atoms with E-state index in [0.717, 1.165) is 59.2 Å². The van der Waals surface area contributed by atoms with E-state index in [1.165, 1.54) is 65.3 Å². The van der Waals surface area contributed by atoms with Crippen molar-refractivity contribution in [3.05, 3.63) is 143 Å². The Kier molecular flexibility index (Phi) is 8.08. The number of phenols is 1. The molecule has 1 fully saturated rings. The molecule has 4 aromatic carbocycles. The van der Waals surface area contributed by atoms with Crippen LogP contribution in [0.4, 0.5) is 0 Å². The number of para-hydroxylation sites is 1. The van der Waals surface area contributed by atoms with Gasteiger partial charge in [-0.25, -0.2) is 4.98 Å². The van der Waals surface area contributed by atoms with Crippen LogP contribution in [-0.4, -0.2) is 19.6 Å². The molecule has 256 valence electrons. The first-order chi connectivity index (χ1) is 24.6. The first kappa shape index (κ1) is 32.2. The molecule has 1 spiro atoms. The molecule has 0 atom stereocenters. The predicted octanol–water partition coefficient (Wildman–Crippen LogP) is 10.5. The number of hydrogen-bond donors (Lipinski definition) is 1. The van der Waals surface area contributed by atoms with Gasteiger partial charge in [0.25, 0.3) is 0 Å². The molecular weight excluding hydrogens is 810 g/mol. The Bertz CT molecular complexity index is 2420. The van der Waals surface area contributed by atoms with Gasteiger partial charge in [0, 0.05) is 49.9 Å². The van der Waals surface area contributed by atoms with Gasteiger partial charge in [0.2, 0.25) is 5.88 Å². The molecule has 0 bridgehead atoms. The normalized spacial score (nSPS) is 16.3. The van der Waals surface area contributed by atoms with Gasteiger partial charge in [-0.1, -0.05) is 98.0 Å². The summed E-state index contributed by atoms with van der Waals surface area (Å²) in [4.78, 5) is 9.91. The van der Waals surface area contributed by atoms with Gasteiger partial charge < -0.3 is 9.84 Å². The van der Waals surface area contributed by atoms with E-state index in [-0.39, 0.29) is 32.2 Å². The Morgan fingerprint density at radius 1 is 0.745 bits per heavy atom. The molecule has 1 N–H and O–H groups in total. The summed E-state index contributed by atoms with van der Waals surface area (Å²) in [6.07, 6.45) is 12.4. The van der Waals surface area contributed by atoms with Crippen molar-refractivity contribution in [1.82, 2.24) is 14.5 Å². The standard InChI is InChI=1S/C45H38N3O2.Pt/c49-41-16-7-6-14-35(41)37-24-34(22-33-27-45(28-39(33)37)25-31-12-4-5-13-32(31)26-45)50-43-18-8-17-42(47-43)48-40-20-19-30(29-10-2-1-3-11-29)23-38(40)36-15-9-21-46-44(36)48;/h4-9,12-23,29,49H,1-3,10-11,25-28H2;/q-1;. The van der Waals surface area contributed by atoms with Gasteiger partial charge in [-0.2, -0.15) is 4.98 Å². The first-order valence-electron chi connectivity index (χ1n) is 18.1. The zero-order valence-electron chi connectivity index (χ0n) is 28.3. The number of pyridine rings is 2. The maximum absolute atomic E-state index is 11.0. The summed E-state index contributed by atoms with van der Waals surface area (Å²) in [5.41, 5.74) is 10.7. The minimum atomic E-state index is 0. The largest absolute Gasteiger partial charge is 0.517 e. The number of fused-ring (bicyclic) bond motifs is 5. The smallest absolute Gasteiger partial charge is 0.219 e. The monoisotopic (exact) mass is 847 g/mol. The van der Waals surface area contributed by atoms with Crippen molar-refractivity contribution in [2.45, 2.75) is 63.7 Å². The van der Waals surface area contributed by atoms with Crippen LogP contribution in [0.2, 0.25) is 0 Å². The fraction of sp³-hybridized carbons (Fsp3) is 0.244. The van der Waals surface area contributed by atoms with E-state index in [1.807, 2.05) is 48.7 Å². The van der Waals surface area contributed by atoms with Gasteiger partial charge in [0.05, 0.1) is 11.3 Å². The number of hydrogen-bond acceptors (Lipinski definition) is 4. The number of phenolic OH excluding ortho intramolecular Hbond substituents is 1. The van der Waals surface area contributed by atoms with E-state index >= 15 is 0 Å². The fourth-order valence-electron chi connectivity index (χ4n) is 9.32. The molecule has 3 aromatic heterocycles. The third kappa shape index (κ3) is 5.58. The summed E-state index contributed by atoms with van der Waals surface area (Å²) in [6.45, 7) is 0. The van der Waals surface area contributed by atoms with Gasteiger partial charge in [-0.3, -0.25) is 4.57 Å². The number of aromatic hydroxyl groups is 1. The van der Waals surface area contributed by atoms with Gasteiger partial charge in [-0.15, -0.1) is 16.7 Å². The minimum absolute atomic E-state index is 0.